The molecule has 34 heavy (non-hydrogen) atoms. The molecule has 1 fully saturated rings. The molecule has 0 radical (unpaired) electrons. The van der Waals surface area contributed by atoms with E-state index in [1.54, 1.807) is 30.3 Å². The lowest BCUT2D eigenvalue weighted by atomic mass is 9.96. The van der Waals surface area contributed by atoms with Gasteiger partial charge in [0, 0.05) is 17.6 Å². The van der Waals surface area contributed by atoms with Gasteiger partial charge < -0.3 is 30.0 Å². The van der Waals surface area contributed by atoms with Gasteiger partial charge in [0.2, 0.25) is 6.29 Å². The summed E-state index contributed by atoms with van der Waals surface area (Å²) < 4.78 is 42.3. The van der Waals surface area contributed by atoms with Crippen LogP contribution in [-0.2, 0) is 39.6 Å². The number of carbonyl (C=O) groups is 5. The van der Waals surface area contributed by atoms with Crippen LogP contribution in [0.4, 0.5) is 19.2 Å². The Hall–Kier alpha value is -3.79. The molecule has 0 aromatic heterocycles. The minimum absolute atomic E-state index is 0.131. The molecule has 1 unspecified atom stereocenters. The van der Waals surface area contributed by atoms with Crippen molar-refractivity contribution in [2.24, 2.45) is 5.73 Å². The second kappa shape index (κ2) is 11.4. The Morgan fingerprint density at radius 2 is 1.79 bits per heavy atom. The second-order valence-corrected chi connectivity index (χ2v) is 8.79. The standard InChI is InChI=1S/C17H19ClN4O11S/c1-9(32-14(19)24)33-17(27)31-8-11-12(13(23)22(11)15(25)21-34(18,28)29)20-16(26)30-7-10-5-3-2-4-6-10/h2-6,9,11-12H,7-8H2,1H3,(H2,19,24)(H,20,26)(H,21,25)/t9?,11-,12+/m0/s1. The number of primary amides is 1. The number of nitrogens with two attached hydrogens (primary N) is 1. The Balaban J connectivity index is 2.02. The van der Waals surface area contributed by atoms with E-state index in [1.807, 2.05) is 0 Å². The first-order valence-corrected chi connectivity index (χ1v) is 11.5. The van der Waals surface area contributed by atoms with Gasteiger partial charge in [-0.05, 0) is 5.56 Å². The molecule has 186 valence electrons. The molecule has 1 aromatic rings. The number of hydrogen-bond acceptors (Lipinski definition) is 11. The average Bonchev–Trinajstić information content (AvgIpc) is 2.71. The van der Waals surface area contributed by atoms with E-state index in [2.05, 4.69) is 14.8 Å². The molecular formula is C17H19ClN4O11S. The van der Waals surface area contributed by atoms with Crippen molar-refractivity contribution in [2.75, 3.05) is 6.61 Å². The van der Waals surface area contributed by atoms with Crippen molar-refractivity contribution in [3.05, 3.63) is 35.9 Å². The third-order valence-electron chi connectivity index (χ3n) is 4.05. The summed E-state index contributed by atoms with van der Waals surface area (Å²) >= 11 is 0. The van der Waals surface area contributed by atoms with E-state index in [1.165, 1.54) is 4.72 Å². The molecule has 0 saturated carbocycles. The average molecular weight is 523 g/mol. The highest BCUT2D eigenvalue weighted by Gasteiger charge is 2.53. The maximum absolute atomic E-state index is 12.4. The van der Waals surface area contributed by atoms with E-state index in [0.29, 0.717) is 10.5 Å². The summed E-state index contributed by atoms with van der Waals surface area (Å²) in [6.45, 7) is 0.276. The first-order valence-electron chi connectivity index (χ1n) is 9.23. The fraction of sp³-hybridized carbons (Fsp3) is 0.353. The predicted molar refractivity (Wildman–Crippen MR) is 110 cm³/mol. The Morgan fingerprint density at radius 1 is 1.15 bits per heavy atom. The molecule has 1 aliphatic rings. The van der Waals surface area contributed by atoms with Crippen molar-refractivity contribution >= 4 is 50.2 Å². The van der Waals surface area contributed by atoms with Gasteiger partial charge in [-0.2, -0.15) is 8.42 Å². The van der Waals surface area contributed by atoms with Crippen molar-refractivity contribution in [1.82, 2.24) is 14.9 Å². The molecule has 17 heteroatoms. The summed E-state index contributed by atoms with van der Waals surface area (Å²) in [4.78, 5) is 59.3. The van der Waals surface area contributed by atoms with Crippen LogP contribution >= 0.6 is 10.7 Å². The van der Waals surface area contributed by atoms with E-state index in [0.717, 1.165) is 6.92 Å². The zero-order valence-corrected chi connectivity index (χ0v) is 18.9. The number of urea groups is 1. The van der Waals surface area contributed by atoms with Crippen LogP contribution in [0.3, 0.4) is 0 Å². The first kappa shape index (κ1) is 26.5. The van der Waals surface area contributed by atoms with Crippen LogP contribution in [0.1, 0.15) is 12.5 Å². The normalized spacial score (nSPS) is 18.1. The van der Waals surface area contributed by atoms with Gasteiger partial charge in [-0.25, -0.2) is 23.9 Å². The van der Waals surface area contributed by atoms with Gasteiger partial charge in [-0.3, -0.25) is 9.69 Å². The van der Waals surface area contributed by atoms with Gasteiger partial charge in [0.1, 0.15) is 25.3 Å². The predicted octanol–water partition coefficient (Wildman–Crippen LogP) is 0.280. The molecule has 15 nitrogen and oxygen atoms in total. The number of rotatable bonds is 8. The number of nitrogens with one attached hydrogen (secondary N) is 2. The molecule has 4 N–H and O–H groups in total. The van der Waals surface area contributed by atoms with Crippen molar-refractivity contribution in [2.45, 2.75) is 31.9 Å². The number of β-lactam (4-membered cyclic amide) rings is 1. The number of alkyl carbamates (subject to hydrolysis) is 1. The maximum Gasteiger partial charge on any atom is 0.511 e. The Labute approximate surface area is 196 Å². The summed E-state index contributed by atoms with van der Waals surface area (Å²) in [6.07, 6.45) is -5.07. The van der Waals surface area contributed by atoms with E-state index >= 15 is 0 Å². The van der Waals surface area contributed by atoms with Gasteiger partial charge in [0.15, 0.2) is 0 Å². The maximum atomic E-state index is 12.4. The monoisotopic (exact) mass is 522 g/mol. The van der Waals surface area contributed by atoms with Gasteiger partial charge in [0.25, 0.3) is 5.91 Å². The summed E-state index contributed by atoms with van der Waals surface area (Å²) in [5, 5.41) is 2.19. The molecule has 1 aliphatic heterocycles. The lowest BCUT2D eigenvalue weighted by Gasteiger charge is -2.44. The zero-order valence-electron chi connectivity index (χ0n) is 17.3. The van der Waals surface area contributed by atoms with Crippen LogP contribution in [0.25, 0.3) is 0 Å². The SMILES string of the molecule is CC(OC(N)=O)OC(=O)OC[C@H]1[C@@H](NC(=O)OCc2ccccc2)C(=O)N1C(=O)NS(=O)(=O)Cl. The minimum atomic E-state index is -4.56. The highest BCUT2D eigenvalue weighted by Crippen LogP contribution is 2.22. The molecular weight excluding hydrogens is 504 g/mol. The topological polar surface area (TPSA) is 210 Å². The van der Waals surface area contributed by atoms with Crippen LogP contribution in [0.15, 0.2) is 30.3 Å². The van der Waals surface area contributed by atoms with E-state index < -0.39 is 64.5 Å². The lowest BCUT2D eigenvalue weighted by molar-refractivity contribution is -0.148. The van der Waals surface area contributed by atoms with Gasteiger partial charge in [-0.1, -0.05) is 30.3 Å². The number of imide groups is 1. The summed E-state index contributed by atoms with van der Waals surface area (Å²) in [5.74, 6) is -1.04. The van der Waals surface area contributed by atoms with Crippen molar-refractivity contribution in [3.63, 3.8) is 0 Å². The molecule has 1 aromatic carbocycles. The van der Waals surface area contributed by atoms with Crippen LogP contribution in [0.5, 0.6) is 0 Å². The third-order valence-corrected chi connectivity index (χ3v) is 4.70. The zero-order chi connectivity index (χ0) is 25.5. The first-order chi connectivity index (χ1) is 15.9. The summed E-state index contributed by atoms with van der Waals surface area (Å²) in [6, 6.07) is 4.31. The summed E-state index contributed by atoms with van der Waals surface area (Å²) in [7, 11) is 0.395. The van der Waals surface area contributed by atoms with E-state index in [9.17, 15) is 32.4 Å². The molecule has 0 bridgehead atoms. The number of halogens is 1. The third kappa shape index (κ3) is 7.96. The lowest BCUT2D eigenvalue weighted by Crippen LogP contribution is -2.74. The number of ether oxygens (including phenoxy) is 4. The van der Waals surface area contributed by atoms with Crippen molar-refractivity contribution in [1.29, 1.82) is 0 Å². The fourth-order valence-corrected chi connectivity index (χ4v) is 3.18. The molecule has 1 heterocycles. The molecule has 3 atom stereocenters. The molecule has 1 saturated heterocycles. The number of benzene rings is 1. The largest absolute Gasteiger partial charge is 0.511 e. The van der Waals surface area contributed by atoms with Crippen LogP contribution < -0.4 is 15.8 Å². The van der Waals surface area contributed by atoms with Gasteiger partial charge in [-0.15, -0.1) is 0 Å². The fourth-order valence-electron chi connectivity index (χ4n) is 2.68. The molecule has 0 aliphatic carbocycles. The highest BCUT2D eigenvalue weighted by molar-refractivity contribution is 8.12. The Bertz CT molecular complexity index is 1050. The number of likely N-dealkylation sites (tertiary alicyclic amines) is 1. The van der Waals surface area contributed by atoms with Gasteiger partial charge >= 0.3 is 33.6 Å². The number of amides is 5. The van der Waals surface area contributed by atoms with E-state index in [-0.39, 0.29) is 6.61 Å². The van der Waals surface area contributed by atoms with Crippen LogP contribution in [0, 0.1) is 0 Å². The Morgan fingerprint density at radius 3 is 2.38 bits per heavy atom. The number of hydrogen-bond donors (Lipinski definition) is 3. The minimum Gasteiger partial charge on any atom is -0.445 e. The smallest absolute Gasteiger partial charge is 0.445 e. The second-order valence-electron chi connectivity index (χ2n) is 6.49. The highest BCUT2D eigenvalue weighted by atomic mass is 35.7. The summed E-state index contributed by atoms with van der Waals surface area (Å²) in [5.41, 5.74) is 5.43. The number of carbonyl (C=O) groups excluding carboxylic acids is 5. The quantitative estimate of drug-likeness (QED) is 0.139. The van der Waals surface area contributed by atoms with Crippen molar-refractivity contribution in [3.8, 4) is 0 Å². The molecule has 5 amide bonds. The Kier molecular flexibility index (Phi) is 8.85. The molecule has 0 spiro atoms. The van der Waals surface area contributed by atoms with Crippen LogP contribution in [0.2, 0.25) is 0 Å². The number of nitrogens with zero attached hydrogens (tertiary/aromatic N) is 1. The van der Waals surface area contributed by atoms with Crippen molar-refractivity contribution < 1.29 is 51.3 Å². The van der Waals surface area contributed by atoms with Gasteiger partial charge in [0.05, 0.1) is 0 Å². The molecule has 2 rings (SSSR count). The van der Waals surface area contributed by atoms with Crippen LogP contribution in [-0.4, -0.2) is 68.6 Å². The van der Waals surface area contributed by atoms with E-state index in [4.69, 9.17) is 25.9 Å².